The summed E-state index contributed by atoms with van der Waals surface area (Å²) in [5.41, 5.74) is -0.610. The largest absolute Gasteiger partial charge is 0.465 e. The molecule has 21 heavy (non-hydrogen) atoms. The van der Waals surface area contributed by atoms with Gasteiger partial charge in [-0.2, -0.15) is 0 Å². The van der Waals surface area contributed by atoms with E-state index in [0.29, 0.717) is 18.7 Å². The number of rotatable bonds is 7. The maximum absolute atomic E-state index is 12.4. The zero-order valence-electron chi connectivity index (χ0n) is 14.7. The molecule has 1 heterocycles. The van der Waals surface area contributed by atoms with E-state index in [9.17, 15) is 4.79 Å². The second-order valence-corrected chi connectivity index (χ2v) is 6.99. The molecule has 1 aliphatic rings. The molecule has 0 aromatic carbocycles. The summed E-state index contributed by atoms with van der Waals surface area (Å²) in [6.07, 6.45) is 4.64. The highest BCUT2D eigenvalue weighted by molar-refractivity contribution is 5.80. The van der Waals surface area contributed by atoms with Gasteiger partial charge in [-0.1, -0.05) is 6.42 Å². The summed E-state index contributed by atoms with van der Waals surface area (Å²) in [5.74, 6) is -0.129. The Balaban J connectivity index is 2.76. The summed E-state index contributed by atoms with van der Waals surface area (Å²) in [7, 11) is 0. The van der Waals surface area contributed by atoms with Gasteiger partial charge in [-0.15, -0.1) is 0 Å². The number of piperidine rings is 1. The maximum atomic E-state index is 12.4. The van der Waals surface area contributed by atoms with Crippen molar-refractivity contribution in [3.63, 3.8) is 0 Å². The van der Waals surface area contributed by atoms with Gasteiger partial charge in [0.15, 0.2) is 0 Å². The maximum Gasteiger partial charge on any atom is 0.326 e. The monoisotopic (exact) mass is 298 g/mol. The Labute approximate surface area is 130 Å². The van der Waals surface area contributed by atoms with Crippen LogP contribution in [-0.2, 0) is 9.53 Å². The molecule has 1 saturated heterocycles. The first kappa shape index (κ1) is 18.4. The quantitative estimate of drug-likeness (QED) is 0.734. The number of carbonyl (C=O) groups is 1. The molecule has 1 fully saturated rings. The third-order valence-electron chi connectivity index (χ3n) is 4.46. The molecule has 1 rings (SSSR count). The zero-order valence-corrected chi connectivity index (χ0v) is 14.7. The van der Waals surface area contributed by atoms with Gasteiger partial charge < -0.3 is 4.74 Å². The molecular weight excluding hydrogens is 264 g/mol. The van der Waals surface area contributed by atoms with Gasteiger partial charge in [0.05, 0.1) is 6.61 Å². The van der Waals surface area contributed by atoms with Crippen molar-refractivity contribution in [2.45, 2.75) is 90.9 Å². The summed E-state index contributed by atoms with van der Waals surface area (Å²) < 4.78 is 5.30. The van der Waals surface area contributed by atoms with E-state index in [0.717, 1.165) is 13.0 Å². The molecule has 3 atom stereocenters. The molecule has 0 aromatic rings. The van der Waals surface area contributed by atoms with E-state index in [-0.39, 0.29) is 12.0 Å². The van der Waals surface area contributed by atoms with E-state index in [1.54, 1.807) is 0 Å². The predicted octanol–water partition coefficient (Wildman–Crippen LogP) is 2.96. The van der Waals surface area contributed by atoms with Gasteiger partial charge in [-0.05, 0) is 67.3 Å². The van der Waals surface area contributed by atoms with Crippen LogP contribution in [0.3, 0.4) is 0 Å². The number of nitrogens with one attached hydrogen (secondary N) is 1. The van der Waals surface area contributed by atoms with Crippen LogP contribution in [-0.4, -0.2) is 47.7 Å². The SMILES string of the molecule is CCOC(=O)C(C)(CC(C)N1CCCCC1C)NC(C)C. The van der Waals surface area contributed by atoms with Crippen molar-refractivity contribution in [2.75, 3.05) is 13.2 Å². The highest BCUT2D eigenvalue weighted by atomic mass is 16.5. The normalized spacial score (nSPS) is 24.6. The summed E-state index contributed by atoms with van der Waals surface area (Å²) >= 11 is 0. The van der Waals surface area contributed by atoms with E-state index in [1.807, 2.05) is 13.8 Å². The molecule has 4 nitrogen and oxygen atoms in total. The first-order valence-electron chi connectivity index (χ1n) is 8.50. The Morgan fingerprint density at radius 1 is 1.38 bits per heavy atom. The van der Waals surface area contributed by atoms with Crippen molar-refractivity contribution in [3.8, 4) is 0 Å². The first-order chi connectivity index (χ1) is 9.80. The van der Waals surface area contributed by atoms with E-state index in [2.05, 4.69) is 37.9 Å². The molecule has 1 aliphatic heterocycles. The second-order valence-electron chi connectivity index (χ2n) is 6.99. The fourth-order valence-electron chi connectivity index (χ4n) is 3.61. The van der Waals surface area contributed by atoms with Gasteiger partial charge in [-0.3, -0.25) is 15.0 Å². The van der Waals surface area contributed by atoms with E-state index in [4.69, 9.17) is 4.74 Å². The van der Waals surface area contributed by atoms with Crippen molar-refractivity contribution in [3.05, 3.63) is 0 Å². The molecule has 0 aromatic heterocycles. The smallest absolute Gasteiger partial charge is 0.326 e. The number of hydrogen-bond acceptors (Lipinski definition) is 4. The number of ether oxygens (including phenoxy) is 1. The highest BCUT2D eigenvalue weighted by Gasteiger charge is 2.38. The first-order valence-corrected chi connectivity index (χ1v) is 8.50. The molecule has 3 unspecified atom stereocenters. The number of carbonyl (C=O) groups excluding carboxylic acids is 1. The molecule has 0 amide bonds. The zero-order chi connectivity index (χ0) is 16.0. The van der Waals surface area contributed by atoms with Crippen LogP contribution in [0.25, 0.3) is 0 Å². The minimum Gasteiger partial charge on any atom is -0.465 e. The topological polar surface area (TPSA) is 41.6 Å². The van der Waals surface area contributed by atoms with E-state index >= 15 is 0 Å². The fraction of sp³-hybridized carbons (Fsp3) is 0.941. The van der Waals surface area contributed by atoms with Crippen LogP contribution in [0.5, 0.6) is 0 Å². The van der Waals surface area contributed by atoms with Crippen molar-refractivity contribution >= 4 is 5.97 Å². The third kappa shape index (κ3) is 5.26. The van der Waals surface area contributed by atoms with Crippen LogP contribution in [0.4, 0.5) is 0 Å². The molecule has 0 radical (unpaired) electrons. The molecule has 0 aliphatic carbocycles. The van der Waals surface area contributed by atoms with Crippen molar-refractivity contribution in [1.82, 2.24) is 10.2 Å². The summed E-state index contributed by atoms with van der Waals surface area (Å²) in [4.78, 5) is 14.9. The van der Waals surface area contributed by atoms with Crippen LogP contribution in [0.15, 0.2) is 0 Å². The molecule has 0 bridgehead atoms. The standard InChI is InChI=1S/C17H34N2O2/c1-7-21-16(20)17(6,18-13(2)3)12-15(5)19-11-9-8-10-14(19)4/h13-15,18H,7-12H2,1-6H3. The Morgan fingerprint density at radius 2 is 2.05 bits per heavy atom. The average molecular weight is 298 g/mol. The lowest BCUT2D eigenvalue weighted by Gasteiger charge is -2.42. The Bertz CT molecular complexity index is 333. The Hall–Kier alpha value is -0.610. The average Bonchev–Trinajstić information content (AvgIpc) is 2.38. The van der Waals surface area contributed by atoms with Gasteiger partial charge in [0.1, 0.15) is 5.54 Å². The molecule has 124 valence electrons. The molecule has 0 saturated carbocycles. The predicted molar refractivity (Wildman–Crippen MR) is 87.4 cm³/mol. The van der Waals surface area contributed by atoms with Crippen LogP contribution in [0.2, 0.25) is 0 Å². The van der Waals surface area contributed by atoms with Gasteiger partial charge in [-0.25, -0.2) is 0 Å². The highest BCUT2D eigenvalue weighted by Crippen LogP contribution is 2.25. The van der Waals surface area contributed by atoms with Crippen LogP contribution >= 0.6 is 0 Å². The summed E-state index contributed by atoms with van der Waals surface area (Å²) in [6.45, 7) is 14.1. The lowest BCUT2D eigenvalue weighted by molar-refractivity contribution is -0.152. The van der Waals surface area contributed by atoms with Gasteiger partial charge in [0.2, 0.25) is 0 Å². The minimum absolute atomic E-state index is 0.129. The van der Waals surface area contributed by atoms with Crippen LogP contribution in [0, 0.1) is 0 Å². The third-order valence-corrected chi connectivity index (χ3v) is 4.46. The molecule has 0 spiro atoms. The molecule has 4 heteroatoms. The Kier molecular flexibility index (Phi) is 7.14. The Morgan fingerprint density at radius 3 is 2.57 bits per heavy atom. The van der Waals surface area contributed by atoms with Gasteiger partial charge in [0.25, 0.3) is 0 Å². The van der Waals surface area contributed by atoms with Gasteiger partial charge in [0, 0.05) is 18.1 Å². The number of nitrogens with zero attached hydrogens (tertiary/aromatic N) is 1. The number of esters is 1. The van der Waals surface area contributed by atoms with E-state index in [1.165, 1.54) is 19.3 Å². The van der Waals surface area contributed by atoms with Crippen LogP contribution in [0.1, 0.15) is 67.2 Å². The van der Waals surface area contributed by atoms with E-state index < -0.39 is 5.54 Å². The number of likely N-dealkylation sites (tertiary alicyclic amines) is 1. The van der Waals surface area contributed by atoms with Crippen molar-refractivity contribution in [1.29, 1.82) is 0 Å². The summed E-state index contributed by atoms with van der Waals surface area (Å²) in [5, 5.41) is 3.42. The lowest BCUT2D eigenvalue weighted by atomic mass is 9.90. The van der Waals surface area contributed by atoms with Gasteiger partial charge >= 0.3 is 5.97 Å². The molecule has 1 N–H and O–H groups in total. The number of hydrogen-bond donors (Lipinski definition) is 1. The minimum atomic E-state index is -0.610. The fourth-order valence-corrected chi connectivity index (χ4v) is 3.61. The summed E-state index contributed by atoms with van der Waals surface area (Å²) in [6, 6.07) is 1.24. The van der Waals surface area contributed by atoms with Crippen LogP contribution < -0.4 is 5.32 Å². The van der Waals surface area contributed by atoms with Crippen molar-refractivity contribution < 1.29 is 9.53 Å². The van der Waals surface area contributed by atoms with Crippen molar-refractivity contribution in [2.24, 2.45) is 0 Å². The lowest BCUT2D eigenvalue weighted by Crippen LogP contribution is -2.57. The second kappa shape index (κ2) is 8.14. The molecular formula is C17H34N2O2.